The molecule has 0 saturated carbocycles. The zero-order chi connectivity index (χ0) is 29.3. The zero-order valence-corrected chi connectivity index (χ0v) is 25.3. The van der Waals surface area contributed by atoms with Crippen molar-refractivity contribution in [2.75, 3.05) is 13.1 Å². The minimum absolute atomic E-state index is 0.0450. The van der Waals surface area contributed by atoms with Gasteiger partial charge in [0.1, 0.15) is 17.9 Å². The van der Waals surface area contributed by atoms with Crippen molar-refractivity contribution in [2.24, 2.45) is 17.3 Å². The van der Waals surface area contributed by atoms with Crippen molar-refractivity contribution in [3.8, 4) is 0 Å². The SMILES string of the molecule is C[SiH](C)O[C@]1(C2CC(=O)N(C(=O)OC(C)(C)C)C2)C[C@H](C(C)(C)C)CN1C(=O)OCc1ccc([N+](=O)[O-])cc1. The predicted molar refractivity (Wildman–Crippen MR) is 146 cm³/mol. The highest BCUT2D eigenvalue weighted by Gasteiger charge is 2.59. The van der Waals surface area contributed by atoms with Gasteiger partial charge in [-0.3, -0.25) is 19.8 Å². The van der Waals surface area contributed by atoms with E-state index in [1.807, 2.05) is 13.1 Å². The molecule has 2 aliphatic rings. The van der Waals surface area contributed by atoms with Crippen LogP contribution in [0, 0.1) is 27.4 Å². The van der Waals surface area contributed by atoms with Gasteiger partial charge in [-0.1, -0.05) is 20.8 Å². The summed E-state index contributed by atoms with van der Waals surface area (Å²) in [5.74, 6) is -0.754. The largest absolute Gasteiger partial charge is 0.444 e. The molecule has 1 aromatic carbocycles. The first kappa shape index (κ1) is 30.5. The van der Waals surface area contributed by atoms with Crippen LogP contribution in [-0.4, -0.2) is 66.3 Å². The van der Waals surface area contributed by atoms with E-state index in [-0.39, 0.29) is 42.5 Å². The van der Waals surface area contributed by atoms with Gasteiger partial charge in [0, 0.05) is 37.6 Å². The molecule has 0 aromatic heterocycles. The molecular formula is C27H41N3O8Si. The fourth-order valence-electron chi connectivity index (χ4n) is 5.16. The lowest BCUT2D eigenvalue weighted by Gasteiger charge is -2.43. The lowest BCUT2D eigenvalue weighted by Crippen LogP contribution is -2.57. The summed E-state index contributed by atoms with van der Waals surface area (Å²) in [6.07, 6.45) is -0.736. The first-order valence-corrected chi connectivity index (χ1v) is 16.1. The van der Waals surface area contributed by atoms with E-state index in [4.69, 9.17) is 13.9 Å². The number of benzene rings is 1. The third kappa shape index (κ3) is 7.16. The summed E-state index contributed by atoms with van der Waals surface area (Å²) >= 11 is 0. The van der Waals surface area contributed by atoms with Crippen LogP contribution in [0.15, 0.2) is 24.3 Å². The van der Waals surface area contributed by atoms with Gasteiger partial charge in [0.25, 0.3) is 5.69 Å². The summed E-state index contributed by atoms with van der Waals surface area (Å²) in [6, 6.07) is 5.82. The van der Waals surface area contributed by atoms with Crippen LogP contribution in [0.2, 0.25) is 13.1 Å². The van der Waals surface area contributed by atoms with E-state index in [9.17, 15) is 24.5 Å². The molecule has 1 aromatic rings. The summed E-state index contributed by atoms with van der Waals surface area (Å²) in [5, 5.41) is 11.0. The Hall–Kier alpha value is -2.99. The lowest BCUT2D eigenvalue weighted by molar-refractivity contribution is -0.384. The van der Waals surface area contributed by atoms with Gasteiger partial charge >= 0.3 is 12.2 Å². The first-order chi connectivity index (χ1) is 17.9. The number of amides is 3. The third-order valence-electron chi connectivity index (χ3n) is 7.17. The van der Waals surface area contributed by atoms with E-state index in [0.29, 0.717) is 18.5 Å². The van der Waals surface area contributed by atoms with Crippen LogP contribution in [0.3, 0.4) is 0 Å². The van der Waals surface area contributed by atoms with Crippen molar-refractivity contribution in [2.45, 2.75) is 85.4 Å². The second-order valence-electron chi connectivity index (χ2n) is 12.8. The van der Waals surface area contributed by atoms with E-state index >= 15 is 0 Å². The van der Waals surface area contributed by atoms with Crippen LogP contribution < -0.4 is 0 Å². The molecule has 0 N–H and O–H groups in total. The van der Waals surface area contributed by atoms with Crippen LogP contribution in [0.1, 0.15) is 59.9 Å². The number of rotatable bonds is 6. The van der Waals surface area contributed by atoms with Crippen molar-refractivity contribution in [1.82, 2.24) is 9.80 Å². The van der Waals surface area contributed by atoms with Crippen molar-refractivity contribution >= 4 is 32.8 Å². The quantitative estimate of drug-likeness (QED) is 0.266. The van der Waals surface area contributed by atoms with E-state index < -0.39 is 43.4 Å². The Morgan fingerprint density at radius 2 is 1.69 bits per heavy atom. The molecule has 2 heterocycles. The number of hydrogen-bond donors (Lipinski definition) is 0. The number of hydrogen-bond acceptors (Lipinski definition) is 8. The third-order valence-corrected chi connectivity index (χ3v) is 8.05. The molecule has 0 bridgehead atoms. The van der Waals surface area contributed by atoms with Crippen LogP contribution in [0.4, 0.5) is 15.3 Å². The van der Waals surface area contributed by atoms with E-state index in [0.717, 1.165) is 4.90 Å². The van der Waals surface area contributed by atoms with Crippen molar-refractivity contribution in [3.63, 3.8) is 0 Å². The lowest BCUT2D eigenvalue weighted by atomic mass is 9.77. The van der Waals surface area contributed by atoms with Gasteiger partial charge in [0.15, 0.2) is 9.04 Å². The fraction of sp³-hybridized carbons (Fsp3) is 0.667. The molecule has 0 spiro atoms. The minimum atomic E-state index is -1.76. The van der Waals surface area contributed by atoms with Gasteiger partial charge in [0.2, 0.25) is 5.91 Å². The molecule has 1 unspecified atom stereocenters. The Balaban J connectivity index is 1.90. The average molecular weight is 564 g/mol. The monoisotopic (exact) mass is 563 g/mol. The molecule has 0 radical (unpaired) electrons. The minimum Gasteiger partial charge on any atom is -0.444 e. The van der Waals surface area contributed by atoms with Gasteiger partial charge in [-0.25, -0.2) is 14.5 Å². The van der Waals surface area contributed by atoms with Crippen LogP contribution in [-0.2, 0) is 25.3 Å². The Morgan fingerprint density at radius 1 is 1.08 bits per heavy atom. The summed E-state index contributed by atoms with van der Waals surface area (Å²) < 4.78 is 17.8. The van der Waals surface area contributed by atoms with E-state index in [2.05, 4.69) is 20.8 Å². The molecule has 11 nitrogen and oxygen atoms in total. The number of imide groups is 1. The summed E-state index contributed by atoms with van der Waals surface area (Å²) in [7, 11) is -1.76. The fourth-order valence-corrected chi connectivity index (χ4v) is 6.39. The van der Waals surface area contributed by atoms with Gasteiger partial charge in [-0.2, -0.15) is 0 Å². The molecular weight excluding hydrogens is 522 g/mol. The highest BCUT2D eigenvalue weighted by Crippen LogP contribution is 2.49. The van der Waals surface area contributed by atoms with Crippen LogP contribution in [0.5, 0.6) is 0 Å². The van der Waals surface area contributed by atoms with E-state index in [1.165, 1.54) is 12.1 Å². The zero-order valence-electron chi connectivity index (χ0n) is 24.2. The van der Waals surface area contributed by atoms with E-state index in [1.54, 1.807) is 37.8 Å². The smallest absolute Gasteiger partial charge is 0.417 e. The Morgan fingerprint density at radius 3 is 2.21 bits per heavy atom. The summed E-state index contributed by atoms with van der Waals surface area (Å²) in [4.78, 5) is 52.7. The van der Waals surface area contributed by atoms with Crippen molar-refractivity contribution in [3.05, 3.63) is 39.9 Å². The molecule has 12 heteroatoms. The topological polar surface area (TPSA) is 129 Å². The maximum absolute atomic E-state index is 13.6. The summed E-state index contributed by atoms with van der Waals surface area (Å²) in [6.45, 7) is 15.9. The number of nitro benzene ring substituents is 1. The highest BCUT2D eigenvalue weighted by molar-refractivity contribution is 6.48. The number of likely N-dealkylation sites (tertiary alicyclic amines) is 2. The normalized spacial score (nSPS) is 23.9. The number of carbonyl (C=O) groups is 3. The molecule has 2 aliphatic heterocycles. The van der Waals surface area contributed by atoms with Gasteiger partial charge in [0.05, 0.1) is 4.92 Å². The molecule has 39 heavy (non-hydrogen) atoms. The summed E-state index contributed by atoms with van der Waals surface area (Å²) in [5.41, 5.74) is -1.47. The van der Waals surface area contributed by atoms with Crippen molar-refractivity contribution < 1.29 is 33.2 Å². The number of carbonyl (C=O) groups excluding carboxylic acids is 3. The number of nitrogens with zero attached hydrogens (tertiary/aromatic N) is 3. The first-order valence-electron chi connectivity index (χ1n) is 13.3. The van der Waals surface area contributed by atoms with Gasteiger partial charge in [-0.15, -0.1) is 0 Å². The van der Waals surface area contributed by atoms with Gasteiger partial charge in [-0.05, 0) is 69.3 Å². The molecule has 3 atom stereocenters. The standard InChI is InChI=1S/C27H41N3O8Si/c1-25(2,3)20-14-27(38-39(7)8,19-13-22(31)28(15-19)23(32)37-26(4,5)6)29(16-20)24(33)36-17-18-9-11-21(12-10-18)30(34)35/h9-12,19-20,39H,13-17H2,1-8H3/t19?,20-,27-/m0/s1. The Bertz CT molecular complexity index is 1100. The maximum Gasteiger partial charge on any atom is 0.417 e. The average Bonchev–Trinajstić information content (AvgIpc) is 3.38. The highest BCUT2D eigenvalue weighted by atomic mass is 28.3. The molecule has 0 aliphatic carbocycles. The molecule has 3 amide bonds. The second-order valence-corrected chi connectivity index (χ2v) is 15.1. The molecule has 3 rings (SSSR count). The van der Waals surface area contributed by atoms with Crippen molar-refractivity contribution in [1.29, 1.82) is 0 Å². The number of non-ortho nitro benzene ring substituents is 1. The molecule has 2 saturated heterocycles. The molecule has 2 fully saturated rings. The second kappa shape index (κ2) is 11.2. The van der Waals surface area contributed by atoms with Crippen LogP contribution in [0.25, 0.3) is 0 Å². The predicted octanol–water partition coefficient (Wildman–Crippen LogP) is 5.08. The maximum atomic E-state index is 13.6. The molecule has 216 valence electrons. The Labute approximate surface area is 231 Å². The Kier molecular flexibility index (Phi) is 8.81. The van der Waals surface area contributed by atoms with Crippen LogP contribution >= 0.6 is 0 Å². The van der Waals surface area contributed by atoms with Gasteiger partial charge < -0.3 is 13.9 Å². The number of nitro groups is 1. The number of ether oxygens (including phenoxy) is 2.